The van der Waals surface area contributed by atoms with Crippen molar-refractivity contribution in [3.8, 4) is 5.75 Å². The number of sulfonamides is 1. The Hall–Kier alpha value is -2.62. The molecule has 0 unspecified atom stereocenters. The van der Waals surface area contributed by atoms with Gasteiger partial charge in [-0.05, 0) is 69.0 Å². The number of ether oxygens (including phenoxy) is 1. The van der Waals surface area contributed by atoms with E-state index in [0.717, 1.165) is 5.56 Å². The monoisotopic (exact) mass is 491 g/mol. The van der Waals surface area contributed by atoms with E-state index in [1.807, 2.05) is 6.92 Å². The van der Waals surface area contributed by atoms with E-state index in [1.165, 1.54) is 10.4 Å². The van der Waals surface area contributed by atoms with Crippen LogP contribution in [0, 0.1) is 19.8 Å². The molecule has 10 heteroatoms. The summed E-state index contributed by atoms with van der Waals surface area (Å²) in [5, 5.41) is 6.21. The predicted molar refractivity (Wildman–Crippen MR) is 126 cm³/mol. The van der Waals surface area contributed by atoms with Crippen LogP contribution in [-0.2, 0) is 19.6 Å². The average Bonchev–Trinajstić information content (AvgIpc) is 2.76. The summed E-state index contributed by atoms with van der Waals surface area (Å²) in [6, 6.07) is 8.26. The van der Waals surface area contributed by atoms with Gasteiger partial charge in [0.25, 0.3) is 5.91 Å². The number of rotatable bonds is 4. The third-order valence-electron chi connectivity index (χ3n) is 6.03. The summed E-state index contributed by atoms with van der Waals surface area (Å²) in [4.78, 5) is 24.9. The van der Waals surface area contributed by atoms with Gasteiger partial charge in [0.2, 0.25) is 15.9 Å². The van der Waals surface area contributed by atoms with E-state index in [0.29, 0.717) is 47.1 Å². The topological polar surface area (TPSA) is 105 Å². The van der Waals surface area contributed by atoms with Crippen LogP contribution >= 0.6 is 11.6 Å². The van der Waals surface area contributed by atoms with Gasteiger partial charge in [0, 0.05) is 29.9 Å². The standard InChI is InChI=1S/C23H26ClN3O5S/c1-13-9-17(24)6-7-18(13)25-23(29)16-5-4-8-27(12-16)33(30,31)21-11-20-19(10-14(21)2)26-22(28)15(3)32-20/h6-7,9-11,15-16H,4-5,8,12H2,1-3H3,(H,25,29)(H,26,28)/t15-,16+/m0/s1. The Morgan fingerprint density at radius 2 is 1.97 bits per heavy atom. The van der Waals surface area contributed by atoms with E-state index < -0.39 is 22.0 Å². The number of aryl methyl sites for hydroxylation is 2. The van der Waals surface area contributed by atoms with E-state index in [-0.39, 0.29) is 23.3 Å². The second-order valence-electron chi connectivity index (χ2n) is 8.51. The fourth-order valence-electron chi connectivity index (χ4n) is 4.14. The fraction of sp³-hybridized carbons (Fsp3) is 0.391. The van der Waals surface area contributed by atoms with Gasteiger partial charge in [-0.25, -0.2) is 8.42 Å². The number of benzene rings is 2. The number of amides is 2. The summed E-state index contributed by atoms with van der Waals surface area (Å²) in [6.45, 7) is 5.54. The molecule has 2 aromatic carbocycles. The van der Waals surface area contributed by atoms with Crippen molar-refractivity contribution >= 4 is 44.8 Å². The zero-order valence-corrected chi connectivity index (χ0v) is 20.2. The van der Waals surface area contributed by atoms with E-state index >= 15 is 0 Å². The highest BCUT2D eigenvalue weighted by Gasteiger charge is 2.35. The predicted octanol–water partition coefficient (Wildman–Crippen LogP) is 3.72. The molecule has 0 aromatic heterocycles. The molecule has 4 rings (SSSR count). The van der Waals surface area contributed by atoms with Crippen LogP contribution in [0.4, 0.5) is 11.4 Å². The first-order valence-electron chi connectivity index (χ1n) is 10.8. The molecule has 0 spiro atoms. The molecule has 2 heterocycles. The van der Waals surface area contributed by atoms with Gasteiger partial charge >= 0.3 is 0 Å². The van der Waals surface area contributed by atoms with E-state index in [4.69, 9.17) is 16.3 Å². The summed E-state index contributed by atoms with van der Waals surface area (Å²) in [5.74, 6) is -0.659. The molecule has 8 nitrogen and oxygen atoms in total. The van der Waals surface area contributed by atoms with Gasteiger partial charge in [-0.15, -0.1) is 0 Å². The lowest BCUT2D eigenvalue weighted by molar-refractivity contribution is -0.123. The highest BCUT2D eigenvalue weighted by atomic mass is 35.5. The highest BCUT2D eigenvalue weighted by Crippen LogP contribution is 2.36. The quantitative estimate of drug-likeness (QED) is 0.678. The third kappa shape index (κ3) is 4.71. The number of anilines is 2. The van der Waals surface area contributed by atoms with Crippen LogP contribution in [-0.4, -0.2) is 43.7 Å². The summed E-state index contributed by atoms with van der Waals surface area (Å²) in [6.07, 6.45) is 0.459. The zero-order valence-electron chi connectivity index (χ0n) is 18.6. The van der Waals surface area contributed by atoms with Crippen LogP contribution in [0.2, 0.25) is 5.02 Å². The van der Waals surface area contributed by atoms with E-state index in [9.17, 15) is 18.0 Å². The summed E-state index contributed by atoms with van der Waals surface area (Å²) in [5.41, 5.74) is 2.43. The Labute approximate surface area is 198 Å². The number of halogens is 1. The lowest BCUT2D eigenvalue weighted by Crippen LogP contribution is -2.44. The number of carbonyl (C=O) groups is 2. The molecule has 2 aliphatic rings. The summed E-state index contributed by atoms with van der Waals surface area (Å²) < 4.78 is 33.9. The van der Waals surface area contributed by atoms with Gasteiger partial charge in [-0.1, -0.05) is 11.6 Å². The Kier molecular flexibility index (Phi) is 6.39. The van der Waals surface area contributed by atoms with Gasteiger partial charge in [-0.3, -0.25) is 9.59 Å². The maximum absolute atomic E-state index is 13.5. The van der Waals surface area contributed by atoms with Crippen molar-refractivity contribution in [1.82, 2.24) is 4.31 Å². The zero-order chi connectivity index (χ0) is 23.9. The Balaban J connectivity index is 1.54. The van der Waals surface area contributed by atoms with Crippen molar-refractivity contribution in [3.63, 3.8) is 0 Å². The highest BCUT2D eigenvalue weighted by molar-refractivity contribution is 7.89. The molecular formula is C23H26ClN3O5S. The molecule has 33 heavy (non-hydrogen) atoms. The Morgan fingerprint density at radius 1 is 1.21 bits per heavy atom. The van der Waals surface area contributed by atoms with Crippen molar-refractivity contribution in [2.75, 3.05) is 23.7 Å². The minimum atomic E-state index is -3.87. The number of fused-ring (bicyclic) bond motifs is 1. The van der Waals surface area contributed by atoms with Crippen LogP contribution < -0.4 is 15.4 Å². The first-order valence-corrected chi connectivity index (χ1v) is 12.6. The first-order chi connectivity index (χ1) is 15.6. The second kappa shape index (κ2) is 8.96. The summed E-state index contributed by atoms with van der Waals surface area (Å²) in [7, 11) is -3.87. The Morgan fingerprint density at radius 3 is 2.70 bits per heavy atom. The number of nitrogens with zero attached hydrogens (tertiary/aromatic N) is 1. The summed E-state index contributed by atoms with van der Waals surface area (Å²) >= 11 is 5.99. The van der Waals surface area contributed by atoms with Gasteiger partial charge in [0.15, 0.2) is 6.10 Å². The number of piperidine rings is 1. The molecule has 2 aliphatic heterocycles. The van der Waals surface area contributed by atoms with Gasteiger partial charge < -0.3 is 15.4 Å². The maximum Gasteiger partial charge on any atom is 0.265 e. The van der Waals surface area contributed by atoms with Crippen molar-refractivity contribution < 1.29 is 22.7 Å². The van der Waals surface area contributed by atoms with Crippen molar-refractivity contribution in [2.24, 2.45) is 5.92 Å². The molecule has 0 bridgehead atoms. The molecule has 1 fully saturated rings. The molecule has 0 saturated carbocycles. The lowest BCUT2D eigenvalue weighted by Gasteiger charge is -2.32. The molecule has 2 N–H and O–H groups in total. The number of nitrogens with one attached hydrogen (secondary N) is 2. The number of carbonyl (C=O) groups excluding carboxylic acids is 2. The van der Waals surface area contributed by atoms with Gasteiger partial charge in [-0.2, -0.15) is 4.31 Å². The van der Waals surface area contributed by atoms with Crippen LogP contribution in [0.3, 0.4) is 0 Å². The molecule has 0 aliphatic carbocycles. The molecule has 2 aromatic rings. The number of hydrogen-bond donors (Lipinski definition) is 2. The first kappa shape index (κ1) is 23.5. The fourth-order valence-corrected chi connectivity index (χ4v) is 6.11. The minimum absolute atomic E-state index is 0.0886. The molecule has 0 radical (unpaired) electrons. The smallest absolute Gasteiger partial charge is 0.265 e. The molecule has 176 valence electrons. The molecule has 2 amide bonds. The van der Waals surface area contributed by atoms with Gasteiger partial charge in [0.1, 0.15) is 5.75 Å². The molecular weight excluding hydrogens is 466 g/mol. The lowest BCUT2D eigenvalue weighted by atomic mass is 9.98. The minimum Gasteiger partial charge on any atom is -0.479 e. The molecule has 1 saturated heterocycles. The van der Waals surface area contributed by atoms with Crippen LogP contribution in [0.15, 0.2) is 35.2 Å². The second-order valence-corrected chi connectivity index (χ2v) is 10.9. The van der Waals surface area contributed by atoms with Crippen LogP contribution in [0.5, 0.6) is 5.75 Å². The normalized spacial score (nSPS) is 21.0. The SMILES string of the molecule is Cc1cc(Cl)ccc1NC(=O)[C@@H]1CCCN(S(=O)(=O)c2cc3c(cc2C)NC(=O)[C@H](C)O3)C1. The van der Waals surface area contributed by atoms with Crippen molar-refractivity contribution in [3.05, 3.63) is 46.5 Å². The average molecular weight is 492 g/mol. The third-order valence-corrected chi connectivity index (χ3v) is 8.27. The Bertz CT molecular complexity index is 1230. The largest absolute Gasteiger partial charge is 0.479 e. The maximum atomic E-state index is 13.5. The molecule has 2 atom stereocenters. The van der Waals surface area contributed by atoms with E-state index in [2.05, 4.69) is 10.6 Å². The van der Waals surface area contributed by atoms with Crippen molar-refractivity contribution in [1.29, 1.82) is 0 Å². The van der Waals surface area contributed by atoms with Crippen LogP contribution in [0.25, 0.3) is 0 Å². The van der Waals surface area contributed by atoms with Crippen molar-refractivity contribution in [2.45, 2.75) is 44.6 Å². The number of hydrogen-bond acceptors (Lipinski definition) is 5. The van der Waals surface area contributed by atoms with E-state index in [1.54, 1.807) is 38.1 Å². The van der Waals surface area contributed by atoms with Gasteiger partial charge in [0.05, 0.1) is 16.5 Å². The van der Waals surface area contributed by atoms with Crippen LogP contribution in [0.1, 0.15) is 30.9 Å².